The van der Waals surface area contributed by atoms with Crippen LogP contribution in [0.4, 0.5) is 0 Å². The molecule has 1 aliphatic rings. The van der Waals surface area contributed by atoms with Crippen molar-refractivity contribution in [1.29, 1.82) is 0 Å². The molecule has 0 saturated heterocycles. The highest BCUT2D eigenvalue weighted by molar-refractivity contribution is 5.64. The second kappa shape index (κ2) is 3.49. The molecular formula is C8H12O2. The average Bonchev–Trinajstić information content (AvgIpc) is 2.04. The smallest absolute Gasteiger partial charge is 0.123 e. The van der Waals surface area contributed by atoms with E-state index < -0.39 is 0 Å². The second-order valence-electron chi connectivity index (χ2n) is 2.88. The topological polar surface area (TPSA) is 34.1 Å². The van der Waals surface area contributed by atoms with E-state index in [-0.39, 0.29) is 11.8 Å². The van der Waals surface area contributed by atoms with E-state index in [4.69, 9.17) is 0 Å². The summed E-state index contributed by atoms with van der Waals surface area (Å²) >= 11 is 0. The summed E-state index contributed by atoms with van der Waals surface area (Å²) in [5.74, 6) is 0.0394. The molecule has 1 saturated carbocycles. The van der Waals surface area contributed by atoms with E-state index in [1.807, 2.05) is 0 Å². The van der Waals surface area contributed by atoms with Gasteiger partial charge in [-0.15, -0.1) is 0 Å². The summed E-state index contributed by atoms with van der Waals surface area (Å²) < 4.78 is 0. The quantitative estimate of drug-likeness (QED) is 0.540. The molecule has 1 rings (SSSR count). The zero-order valence-corrected chi connectivity index (χ0v) is 5.95. The van der Waals surface area contributed by atoms with Gasteiger partial charge in [-0.3, -0.25) is 0 Å². The molecule has 0 aromatic rings. The van der Waals surface area contributed by atoms with Gasteiger partial charge in [0.05, 0.1) is 0 Å². The van der Waals surface area contributed by atoms with Crippen molar-refractivity contribution in [2.24, 2.45) is 11.8 Å². The van der Waals surface area contributed by atoms with E-state index in [0.29, 0.717) is 0 Å². The van der Waals surface area contributed by atoms with Gasteiger partial charge in [-0.25, -0.2) is 0 Å². The highest BCUT2D eigenvalue weighted by Crippen LogP contribution is 2.26. The van der Waals surface area contributed by atoms with Gasteiger partial charge in [0.2, 0.25) is 0 Å². The first-order valence-electron chi connectivity index (χ1n) is 3.79. The molecule has 2 nitrogen and oxygen atoms in total. The van der Waals surface area contributed by atoms with Crippen molar-refractivity contribution in [1.82, 2.24) is 0 Å². The Labute approximate surface area is 60.6 Å². The molecule has 56 valence electrons. The first-order chi connectivity index (χ1) is 4.88. The van der Waals surface area contributed by atoms with Crippen LogP contribution < -0.4 is 0 Å². The van der Waals surface area contributed by atoms with E-state index >= 15 is 0 Å². The summed E-state index contributed by atoms with van der Waals surface area (Å²) in [4.78, 5) is 20.7. The minimum atomic E-state index is 0.0197. The summed E-state index contributed by atoms with van der Waals surface area (Å²) in [6.45, 7) is 0. The van der Waals surface area contributed by atoms with Crippen molar-refractivity contribution in [3.8, 4) is 0 Å². The first-order valence-corrected chi connectivity index (χ1v) is 3.79. The fourth-order valence-electron chi connectivity index (χ4n) is 1.53. The van der Waals surface area contributed by atoms with Crippen LogP contribution in [0.25, 0.3) is 0 Å². The molecule has 1 aliphatic carbocycles. The van der Waals surface area contributed by atoms with E-state index in [9.17, 15) is 9.59 Å². The van der Waals surface area contributed by atoms with Gasteiger partial charge in [-0.2, -0.15) is 0 Å². The fourth-order valence-corrected chi connectivity index (χ4v) is 1.53. The zero-order chi connectivity index (χ0) is 7.40. The normalized spacial score (nSPS) is 33.2. The average molecular weight is 140 g/mol. The molecule has 0 heterocycles. The van der Waals surface area contributed by atoms with Crippen LogP contribution in [0, 0.1) is 11.8 Å². The lowest BCUT2D eigenvalue weighted by Crippen LogP contribution is -2.21. The zero-order valence-electron chi connectivity index (χ0n) is 5.95. The van der Waals surface area contributed by atoms with Gasteiger partial charge < -0.3 is 9.59 Å². The lowest BCUT2D eigenvalue weighted by atomic mass is 9.81. The molecule has 10 heavy (non-hydrogen) atoms. The summed E-state index contributed by atoms with van der Waals surface area (Å²) in [6, 6.07) is 0. The molecule has 0 aromatic heterocycles. The third-order valence-electron chi connectivity index (χ3n) is 2.22. The minimum absolute atomic E-state index is 0.0197. The molecule has 0 spiro atoms. The molecule has 1 fully saturated rings. The van der Waals surface area contributed by atoms with Crippen LogP contribution in [-0.4, -0.2) is 12.6 Å². The van der Waals surface area contributed by atoms with E-state index in [1.165, 1.54) is 0 Å². The Morgan fingerprint density at radius 1 is 0.900 bits per heavy atom. The Bertz CT molecular complexity index is 115. The number of aldehydes is 2. The summed E-state index contributed by atoms with van der Waals surface area (Å²) in [5.41, 5.74) is 0. The fraction of sp³-hybridized carbons (Fsp3) is 0.750. The molecule has 0 aromatic carbocycles. The van der Waals surface area contributed by atoms with Crippen molar-refractivity contribution < 1.29 is 9.59 Å². The number of rotatable bonds is 2. The van der Waals surface area contributed by atoms with Gasteiger partial charge in [0.25, 0.3) is 0 Å². The van der Waals surface area contributed by atoms with Gasteiger partial charge in [-0.05, 0) is 12.8 Å². The monoisotopic (exact) mass is 140 g/mol. The van der Waals surface area contributed by atoms with Crippen LogP contribution in [-0.2, 0) is 9.59 Å². The Morgan fingerprint density at radius 3 is 1.60 bits per heavy atom. The first kappa shape index (κ1) is 7.45. The molecule has 0 amide bonds. The Hall–Kier alpha value is -0.660. The highest BCUT2D eigenvalue weighted by Gasteiger charge is 2.23. The molecule has 0 bridgehead atoms. The van der Waals surface area contributed by atoms with Gasteiger partial charge in [0.1, 0.15) is 12.6 Å². The molecule has 2 atom stereocenters. The predicted octanol–water partition coefficient (Wildman–Crippen LogP) is 1.19. The van der Waals surface area contributed by atoms with Gasteiger partial charge in [0, 0.05) is 11.8 Å². The number of hydrogen-bond donors (Lipinski definition) is 0. The number of carbonyl (C=O) groups is 2. The second-order valence-corrected chi connectivity index (χ2v) is 2.88. The molecule has 0 aliphatic heterocycles. The van der Waals surface area contributed by atoms with Crippen LogP contribution in [0.3, 0.4) is 0 Å². The van der Waals surface area contributed by atoms with Crippen LogP contribution in [0.15, 0.2) is 0 Å². The van der Waals surface area contributed by atoms with E-state index in [0.717, 1.165) is 38.3 Å². The van der Waals surface area contributed by atoms with Crippen molar-refractivity contribution in [3.05, 3.63) is 0 Å². The van der Waals surface area contributed by atoms with Crippen molar-refractivity contribution in [2.45, 2.75) is 25.7 Å². The van der Waals surface area contributed by atoms with Crippen LogP contribution in [0.5, 0.6) is 0 Å². The summed E-state index contributed by atoms with van der Waals surface area (Å²) in [5, 5.41) is 0. The molecule has 0 N–H and O–H groups in total. The minimum Gasteiger partial charge on any atom is -0.303 e. The predicted molar refractivity (Wildman–Crippen MR) is 37.6 cm³/mol. The van der Waals surface area contributed by atoms with Crippen molar-refractivity contribution in [2.75, 3.05) is 0 Å². The molecule has 0 radical (unpaired) electrons. The van der Waals surface area contributed by atoms with Crippen molar-refractivity contribution in [3.63, 3.8) is 0 Å². The Morgan fingerprint density at radius 2 is 1.30 bits per heavy atom. The Kier molecular flexibility index (Phi) is 2.60. The van der Waals surface area contributed by atoms with E-state index in [2.05, 4.69) is 0 Å². The maximum absolute atomic E-state index is 10.4. The number of carbonyl (C=O) groups excluding carboxylic acids is 2. The lowest BCUT2D eigenvalue weighted by molar-refractivity contribution is -0.120. The van der Waals surface area contributed by atoms with E-state index in [1.54, 1.807) is 0 Å². The third-order valence-corrected chi connectivity index (χ3v) is 2.22. The Balaban J connectivity index is 2.49. The van der Waals surface area contributed by atoms with Crippen molar-refractivity contribution >= 4 is 12.6 Å². The summed E-state index contributed by atoms with van der Waals surface area (Å²) in [7, 11) is 0. The van der Waals surface area contributed by atoms with Crippen LogP contribution in [0.2, 0.25) is 0 Å². The van der Waals surface area contributed by atoms with Gasteiger partial charge in [-0.1, -0.05) is 12.8 Å². The van der Waals surface area contributed by atoms with Crippen LogP contribution >= 0.6 is 0 Å². The SMILES string of the molecule is O=C[C@H]1CCCC[C@@H]1C=O. The highest BCUT2D eigenvalue weighted by atomic mass is 16.1. The molecular weight excluding hydrogens is 128 g/mol. The van der Waals surface area contributed by atoms with Crippen LogP contribution in [0.1, 0.15) is 25.7 Å². The molecule has 2 heteroatoms. The third kappa shape index (κ3) is 1.43. The lowest BCUT2D eigenvalue weighted by Gasteiger charge is -2.22. The van der Waals surface area contributed by atoms with Gasteiger partial charge >= 0.3 is 0 Å². The molecule has 0 unspecified atom stereocenters. The maximum Gasteiger partial charge on any atom is 0.123 e. The van der Waals surface area contributed by atoms with Gasteiger partial charge in [0.15, 0.2) is 0 Å². The largest absolute Gasteiger partial charge is 0.303 e. The maximum atomic E-state index is 10.4. The number of hydrogen-bond acceptors (Lipinski definition) is 2. The standard InChI is InChI=1S/C8H12O2/c9-5-7-3-1-2-4-8(7)6-10/h5-8H,1-4H2/t7-,8-/m1/s1. The summed E-state index contributed by atoms with van der Waals surface area (Å²) in [6.07, 6.45) is 5.89.